The molecule has 2 aromatic rings. The number of hydrogen-bond acceptors (Lipinski definition) is 3. The SMILES string of the molecule is COc1ncc(C)cc1NS(=O)c1ccc(F)cc1F. The molecule has 0 fully saturated rings. The Bertz CT molecular complexity index is 665. The molecule has 1 N–H and O–H groups in total. The van der Waals surface area contributed by atoms with Crippen LogP contribution >= 0.6 is 0 Å². The van der Waals surface area contributed by atoms with E-state index in [0.29, 0.717) is 11.8 Å². The van der Waals surface area contributed by atoms with Gasteiger partial charge in [-0.05, 0) is 30.7 Å². The summed E-state index contributed by atoms with van der Waals surface area (Å²) >= 11 is 0. The van der Waals surface area contributed by atoms with Gasteiger partial charge < -0.3 is 4.74 Å². The predicted molar refractivity (Wildman–Crippen MR) is 71.9 cm³/mol. The van der Waals surface area contributed by atoms with Crippen molar-refractivity contribution in [1.82, 2.24) is 4.98 Å². The molecule has 1 aromatic carbocycles. The highest BCUT2D eigenvalue weighted by Gasteiger charge is 2.14. The van der Waals surface area contributed by atoms with Gasteiger partial charge in [0.1, 0.15) is 17.3 Å². The van der Waals surface area contributed by atoms with Gasteiger partial charge >= 0.3 is 0 Å². The minimum Gasteiger partial charge on any atom is -0.480 e. The number of nitrogens with zero attached hydrogens (tertiary/aromatic N) is 1. The molecule has 1 unspecified atom stereocenters. The van der Waals surface area contributed by atoms with E-state index < -0.39 is 22.6 Å². The maximum Gasteiger partial charge on any atom is 0.238 e. The number of benzene rings is 1. The Labute approximate surface area is 117 Å². The Kier molecular flexibility index (Phi) is 4.29. The molecule has 1 heterocycles. The van der Waals surface area contributed by atoms with Crippen molar-refractivity contribution in [3.63, 3.8) is 0 Å². The lowest BCUT2D eigenvalue weighted by molar-refractivity contribution is 0.400. The third-order valence-corrected chi connectivity index (χ3v) is 3.61. The van der Waals surface area contributed by atoms with Gasteiger partial charge in [0.2, 0.25) is 5.88 Å². The second-order valence-corrected chi connectivity index (χ2v) is 5.20. The molecule has 0 bridgehead atoms. The number of rotatable bonds is 4. The summed E-state index contributed by atoms with van der Waals surface area (Å²) in [5.74, 6) is -1.36. The third kappa shape index (κ3) is 3.11. The zero-order chi connectivity index (χ0) is 14.7. The van der Waals surface area contributed by atoms with Crippen LogP contribution in [0, 0.1) is 18.6 Å². The van der Waals surface area contributed by atoms with E-state index in [1.54, 1.807) is 19.2 Å². The maximum absolute atomic E-state index is 13.5. The first-order valence-electron chi connectivity index (χ1n) is 5.65. The van der Waals surface area contributed by atoms with Crippen molar-refractivity contribution in [3.8, 4) is 5.88 Å². The largest absolute Gasteiger partial charge is 0.480 e. The third-order valence-electron chi connectivity index (χ3n) is 2.48. The zero-order valence-corrected chi connectivity index (χ0v) is 11.6. The van der Waals surface area contributed by atoms with Crippen LogP contribution in [-0.2, 0) is 11.0 Å². The van der Waals surface area contributed by atoms with Crippen molar-refractivity contribution in [2.45, 2.75) is 11.8 Å². The molecule has 106 valence electrons. The van der Waals surface area contributed by atoms with Crippen LogP contribution < -0.4 is 9.46 Å². The highest BCUT2D eigenvalue weighted by molar-refractivity contribution is 7.86. The van der Waals surface area contributed by atoms with Crippen molar-refractivity contribution in [3.05, 3.63) is 47.7 Å². The Morgan fingerprint density at radius 1 is 1.30 bits per heavy atom. The van der Waals surface area contributed by atoms with Crippen LogP contribution in [0.1, 0.15) is 5.56 Å². The summed E-state index contributed by atoms with van der Waals surface area (Å²) < 4.78 is 46.1. The van der Waals surface area contributed by atoms with Gasteiger partial charge in [0, 0.05) is 12.3 Å². The van der Waals surface area contributed by atoms with E-state index in [-0.39, 0.29) is 10.8 Å². The normalized spacial score (nSPS) is 12.0. The molecule has 0 radical (unpaired) electrons. The Balaban J connectivity index is 2.30. The molecule has 0 saturated heterocycles. The molecule has 1 atom stereocenters. The smallest absolute Gasteiger partial charge is 0.238 e. The standard InChI is InChI=1S/C13H12F2N2O2S/c1-8-5-11(13(19-2)16-7-8)17-20(18)12-4-3-9(14)6-10(12)15/h3-7,17H,1-2H3. The summed E-state index contributed by atoms with van der Waals surface area (Å²) in [5.41, 5.74) is 1.19. The fraction of sp³-hybridized carbons (Fsp3) is 0.154. The van der Waals surface area contributed by atoms with E-state index in [4.69, 9.17) is 4.74 Å². The van der Waals surface area contributed by atoms with Crippen LogP contribution in [0.5, 0.6) is 5.88 Å². The molecule has 20 heavy (non-hydrogen) atoms. The van der Waals surface area contributed by atoms with E-state index in [1.165, 1.54) is 7.11 Å². The predicted octanol–water partition coefficient (Wildman–Crippen LogP) is 2.81. The number of aryl methyl sites for hydroxylation is 1. The molecule has 0 amide bonds. The average molecular weight is 298 g/mol. The molecule has 2 rings (SSSR count). The molecule has 4 nitrogen and oxygen atoms in total. The summed E-state index contributed by atoms with van der Waals surface area (Å²) in [6, 6.07) is 4.53. The molecule has 0 saturated carbocycles. The zero-order valence-electron chi connectivity index (χ0n) is 10.8. The van der Waals surface area contributed by atoms with Crippen molar-refractivity contribution in [1.29, 1.82) is 0 Å². The summed E-state index contributed by atoms with van der Waals surface area (Å²) in [5, 5.41) is 0. The number of anilines is 1. The highest BCUT2D eigenvalue weighted by atomic mass is 32.2. The van der Waals surface area contributed by atoms with Crippen molar-refractivity contribution < 1.29 is 17.7 Å². The van der Waals surface area contributed by atoms with Gasteiger partial charge in [-0.15, -0.1) is 0 Å². The van der Waals surface area contributed by atoms with Gasteiger partial charge in [-0.3, -0.25) is 4.72 Å². The van der Waals surface area contributed by atoms with Crippen LogP contribution in [0.4, 0.5) is 14.5 Å². The highest BCUT2D eigenvalue weighted by Crippen LogP contribution is 2.24. The number of methoxy groups -OCH3 is 1. The molecule has 7 heteroatoms. The topological polar surface area (TPSA) is 51.2 Å². The number of nitrogens with one attached hydrogen (secondary N) is 1. The Morgan fingerprint density at radius 3 is 2.70 bits per heavy atom. The summed E-state index contributed by atoms with van der Waals surface area (Å²) in [6.45, 7) is 1.80. The molecular weight excluding hydrogens is 286 g/mol. The minimum absolute atomic E-state index is 0.144. The molecule has 0 aliphatic heterocycles. The number of ether oxygens (including phenoxy) is 1. The molecule has 0 spiro atoms. The van der Waals surface area contributed by atoms with E-state index in [1.807, 2.05) is 0 Å². The molecular formula is C13H12F2N2O2S. The van der Waals surface area contributed by atoms with E-state index in [0.717, 1.165) is 17.7 Å². The number of hydrogen-bond donors (Lipinski definition) is 1. The summed E-state index contributed by atoms with van der Waals surface area (Å²) in [7, 11) is -0.465. The summed E-state index contributed by atoms with van der Waals surface area (Å²) in [4.78, 5) is 3.86. The maximum atomic E-state index is 13.5. The molecule has 1 aromatic heterocycles. The number of pyridine rings is 1. The fourth-order valence-corrected chi connectivity index (χ4v) is 2.46. The van der Waals surface area contributed by atoms with Crippen LogP contribution in [0.15, 0.2) is 35.4 Å². The van der Waals surface area contributed by atoms with Gasteiger partial charge in [-0.25, -0.2) is 18.0 Å². The van der Waals surface area contributed by atoms with Crippen LogP contribution in [0.25, 0.3) is 0 Å². The van der Waals surface area contributed by atoms with Crippen LogP contribution in [0.2, 0.25) is 0 Å². The van der Waals surface area contributed by atoms with Crippen molar-refractivity contribution in [2.24, 2.45) is 0 Å². The van der Waals surface area contributed by atoms with Crippen LogP contribution in [-0.4, -0.2) is 16.3 Å². The van der Waals surface area contributed by atoms with Gasteiger partial charge in [0.25, 0.3) is 0 Å². The number of aromatic nitrogens is 1. The first kappa shape index (κ1) is 14.4. The average Bonchev–Trinajstić information content (AvgIpc) is 2.38. The Morgan fingerprint density at radius 2 is 2.05 bits per heavy atom. The van der Waals surface area contributed by atoms with Gasteiger partial charge in [0.05, 0.1) is 12.0 Å². The lowest BCUT2D eigenvalue weighted by Crippen LogP contribution is -2.09. The van der Waals surface area contributed by atoms with E-state index >= 15 is 0 Å². The van der Waals surface area contributed by atoms with Crippen molar-refractivity contribution in [2.75, 3.05) is 11.8 Å². The minimum atomic E-state index is -1.89. The molecule has 0 aliphatic carbocycles. The van der Waals surface area contributed by atoms with Gasteiger partial charge in [-0.1, -0.05) is 0 Å². The van der Waals surface area contributed by atoms with Crippen molar-refractivity contribution >= 4 is 16.7 Å². The first-order chi connectivity index (χ1) is 9.51. The second-order valence-electron chi connectivity index (χ2n) is 4.02. The van der Waals surface area contributed by atoms with Gasteiger partial charge in [0.15, 0.2) is 11.0 Å². The van der Waals surface area contributed by atoms with E-state index in [9.17, 15) is 13.0 Å². The lowest BCUT2D eigenvalue weighted by Gasteiger charge is -2.10. The van der Waals surface area contributed by atoms with Crippen LogP contribution in [0.3, 0.4) is 0 Å². The number of halogens is 2. The summed E-state index contributed by atoms with van der Waals surface area (Å²) in [6.07, 6.45) is 1.59. The fourth-order valence-electron chi connectivity index (χ4n) is 1.57. The van der Waals surface area contributed by atoms with Gasteiger partial charge in [-0.2, -0.15) is 0 Å². The quantitative estimate of drug-likeness (QED) is 0.944. The first-order valence-corrected chi connectivity index (χ1v) is 6.80. The molecule has 0 aliphatic rings. The lowest BCUT2D eigenvalue weighted by atomic mass is 10.3. The van der Waals surface area contributed by atoms with E-state index in [2.05, 4.69) is 9.71 Å². The second kappa shape index (κ2) is 5.96. The Hall–Kier alpha value is -2.02. The monoisotopic (exact) mass is 298 g/mol.